The maximum atomic E-state index is 9.62. The van der Waals surface area contributed by atoms with Gasteiger partial charge in [-0.2, -0.15) is 0 Å². The first kappa shape index (κ1) is 14.2. The minimum absolute atomic E-state index is 0.191. The van der Waals surface area contributed by atoms with Crippen LogP contribution in [0.5, 0.6) is 0 Å². The van der Waals surface area contributed by atoms with Gasteiger partial charge < -0.3 is 5.11 Å². The monoisotopic (exact) mass is 287 g/mol. The number of rotatable bonds is 5. The van der Waals surface area contributed by atoms with Crippen molar-refractivity contribution in [2.75, 3.05) is 13.2 Å². The van der Waals surface area contributed by atoms with E-state index in [-0.39, 0.29) is 18.7 Å². The molecule has 0 amide bonds. The molecule has 1 fully saturated rings. The SMILES string of the molecule is Cn1nnnc1[C@H]1CC[C@@H](CO)N1CCc1ccccc1. The molecule has 6 heteroatoms. The van der Waals surface area contributed by atoms with E-state index >= 15 is 0 Å². The topological polar surface area (TPSA) is 67.1 Å². The van der Waals surface area contributed by atoms with E-state index in [4.69, 9.17) is 0 Å². The molecule has 0 bridgehead atoms. The van der Waals surface area contributed by atoms with E-state index in [2.05, 4.69) is 44.7 Å². The number of hydrogen-bond acceptors (Lipinski definition) is 5. The van der Waals surface area contributed by atoms with Crippen molar-refractivity contribution in [3.05, 3.63) is 41.7 Å². The van der Waals surface area contributed by atoms with Gasteiger partial charge in [0.15, 0.2) is 5.82 Å². The number of tetrazole rings is 1. The molecule has 112 valence electrons. The highest BCUT2D eigenvalue weighted by molar-refractivity contribution is 5.15. The largest absolute Gasteiger partial charge is 0.395 e. The van der Waals surface area contributed by atoms with Gasteiger partial charge in [-0.05, 0) is 35.3 Å². The molecular formula is C15H21N5O. The number of aryl methyl sites for hydroxylation is 1. The predicted octanol–water partition coefficient (Wildman–Crippen LogP) is 0.951. The lowest BCUT2D eigenvalue weighted by Gasteiger charge is -2.28. The molecule has 0 radical (unpaired) electrons. The maximum Gasteiger partial charge on any atom is 0.168 e. The van der Waals surface area contributed by atoms with Gasteiger partial charge in [0.25, 0.3) is 0 Å². The number of aliphatic hydroxyl groups is 1. The van der Waals surface area contributed by atoms with E-state index < -0.39 is 0 Å². The van der Waals surface area contributed by atoms with Crippen molar-refractivity contribution < 1.29 is 5.11 Å². The third kappa shape index (κ3) is 2.96. The van der Waals surface area contributed by atoms with Crippen molar-refractivity contribution in [3.63, 3.8) is 0 Å². The minimum Gasteiger partial charge on any atom is -0.395 e. The lowest BCUT2D eigenvalue weighted by Crippen LogP contribution is -2.36. The Balaban J connectivity index is 1.74. The second-order valence-corrected chi connectivity index (χ2v) is 5.56. The van der Waals surface area contributed by atoms with Crippen LogP contribution < -0.4 is 0 Å². The average molecular weight is 287 g/mol. The normalized spacial score (nSPS) is 22.8. The average Bonchev–Trinajstić information content (AvgIpc) is 3.11. The molecule has 0 spiro atoms. The Morgan fingerprint density at radius 3 is 2.71 bits per heavy atom. The van der Waals surface area contributed by atoms with Crippen LogP contribution in [-0.4, -0.2) is 49.4 Å². The molecule has 1 aliphatic rings. The standard InChI is InChI=1S/C15H21N5O/c1-19-15(16-17-18-19)14-8-7-13(11-21)20(14)10-9-12-5-3-2-4-6-12/h2-6,13-14,21H,7-11H2,1H3/t13-,14+/m0/s1. The summed E-state index contributed by atoms with van der Waals surface area (Å²) in [5, 5.41) is 21.4. The Bertz CT molecular complexity index is 570. The lowest BCUT2D eigenvalue weighted by molar-refractivity contribution is 0.125. The fourth-order valence-corrected chi connectivity index (χ4v) is 3.17. The molecule has 2 heterocycles. The third-order valence-electron chi connectivity index (χ3n) is 4.31. The van der Waals surface area contributed by atoms with Gasteiger partial charge in [-0.1, -0.05) is 30.3 Å². The highest BCUT2D eigenvalue weighted by atomic mass is 16.3. The Hall–Kier alpha value is -1.79. The molecule has 0 aliphatic carbocycles. The summed E-state index contributed by atoms with van der Waals surface area (Å²) in [6.45, 7) is 1.10. The molecule has 1 aromatic carbocycles. The summed E-state index contributed by atoms with van der Waals surface area (Å²) in [5.74, 6) is 0.888. The van der Waals surface area contributed by atoms with Crippen molar-refractivity contribution in [2.24, 2.45) is 7.05 Å². The molecule has 0 unspecified atom stereocenters. The molecule has 0 saturated carbocycles. The Labute approximate surface area is 124 Å². The van der Waals surface area contributed by atoms with Gasteiger partial charge in [0.2, 0.25) is 0 Å². The summed E-state index contributed by atoms with van der Waals surface area (Å²) in [6, 6.07) is 10.8. The van der Waals surface area contributed by atoms with Gasteiger partial charge in [0.1, 0.15) is 0 Å². The van der Waals surface area contributed by atoms with Crippen LogP contribution in [0, 0.1) is 0 Å². The smallest absolute Gasteiger partial charge is 0.168 e. The summed E-state index contributed by atoms with van der Waals surface area (Å²) in [6.07, 6.45) is 2.95. The number of nitrogens with zero attached hydrogens (tertiary/aromatic N) is 5. The quantitative estimate of drug-likeness (QED) is 0.887. The van der Waals surface area contributed by atoms with Crippen LogP contribution >= 0.6 is 0 Å². The van der Waals surface area contributed by atoms with Gasteiger partial charge in [0.05, 0.1) is 12.6 Å². The molecule has 3 rings (SSSR count). The summed E-state index contributed by atoms with van der Waals surface area (Å²) >= 11 is 0. The summed E-state index contributed by atoms with van der Waals surface area (Å²) in [5.41, 5.74) is 1.32. The van der Waals surface area contributed by atoms with Crippen LogP contribution in [-0.2, 0) is 13.5 Å². The van der Waals surface area contributed by atoms with Crippen molar-refractivity contribution in [1.29, 1.82) is 0 Å². The van der Waals surface area contributed by atoms with E-state index in [1.807, 2.05) is 13.1 Å². The maximum absolute atomic E-state index is 9.62. The third-order valence-corrected chi connectivity index (χ3v) is 4.31. The Kier molecular flexibility index (Phi) is 4.26. The van der Waals surface area contributed by atoms with Crippen LogP contribution in [0.2, 0.25) is 0 Å². The van der Waals surface area contributed by atoms with Crippen molar-refractivity contribution >= 4 is 0 Å². The molecular weight excluding hydrogens is 266 g/mol. The van der Waals surface area contributed by atoms with Gasteiger partial charge in [-0.25, -0.2) is 4.68 Å². The molecule has 1 aromatic heterocycles. The summed E-state index contributed by atoms with van der Waals surface area (Å²) < 4.78 is 1.74. The molecule has 1 saturated heterocycles. The van der Waals surface area contributed by atoms with Gasteiger partial charge >= 0.3 is 0 Å². The number of hydrogen-bond donors (Lipinski definition) is 1. The van der Waals surface area contributed by atoms with E-state index in [9.17, 15) is 5.11 Å². The highest BCUT2D eigenvalue weighted by Gasteiger charge is 2.36. The van der Waals surface area contributed by atoms with Gasteiger partial charge in [-0.3, -0.25) is 4.90 Å². The van der Waals surface area contributed by atoms with Crippen molar-refractivity contribution in [3.8, 4) is 0 Å². The number of likely N-dealkylation sites (tertiary alicyclic amines) is 1. The molecule has 2 atom stereocenters. The second-order valence-electron chi connectivity index (χ2n) is 5.56. The summed E-state index contributed by atoms with van der Waals surface area (Å²) in [7, 11) is 1.87. The zero-order chi connectivity index (χ0) is 14.7. The molecule has 1 N–H and O–H groups in total. The first-order valence-electron chi connectivity index (χ1n) is 7.42. The van der Waals surface area contributed by atoms with E-state index in [0.717, 1.165) is 31.6 Å². The minimum atomic E-state index is 0.191. The van der Waals surface area contributed by atoms with E-state index in [1.165, 1.54) is 5.56 Å². The van der Waals surface area contributed by atoms with Gasteiger partial charge in [-0.15, -0.1) is 5.10 Å². The van der Waals surface area contributed by atoms with Crippen molar-refractivity contribution in [1.82, 2.24) is 25.1 Å². The predicted molar refractivity (Wildman–Crippen MR) is 78.5 cm³/mol. The Morgan fingerprint density at radius 1 is 1.24 bits per heavy atom. The van der Waals surface area contributed by atoms with Crippen LogP contribution in [0.3, 0.4) is 0 Å². The molecule has 2 aromatic rings. The lowest BCUT2D eigenvalue weighted by atomic mass is 10.1. The fourth-order valence-electron chi connectivity index (χ4n) is 3.17. The molecule has 6 nitrogen and oxygen atoms in total. The van der Waals surface area contributed by atoms with Crippen LogP contribution in [0.4, 0.5) is 0 Å². The van der Waals surface area contributed by atoms with Crippen LogP contribution in [0.1, 0.15) is 30.3 Å². The zero-order valence-corrected chi connectivity index (χ0v) is 12.3. The van der Waals surface area contributed by atoms with Crippen molar-refractivity contribution in [2.45, 2.75) is 31.3 Å². The molecule has 21 heavy (non-hydrogen) atoms. The zero-order valence-electron chi connectivity index (χ0n) is 12.3. The summed E-state index contributed by atoms with van der Waals surface area (Å²) in [4.78, 5) is 2.35. The first-order chi connectivity index (χ1) is 10.3. The first-order valence-corrected chi connectivity index (χ1v) is 7.42. The molecule has 1 aliphatic heterocycles. The fraction of sp³-hybridized carbons (Fsp3) is 0.533. The number of aromatic nitrogens is 4. The van der Waals surface area contributed by atoms with Crippen LogP contribution in [0.25, 0.3) is 0 Å². The Morgan fingerprint density at radius 2 is 2.05 bits per heavy atom. The van der Waals surface area contributed by atoms with E-state index in [0.29, 0.717) is 0 Å². The number of aliphatic hydroxyl groups excluding tert-OH is 1. The second kappa shape index (κ2) is 6.32. The highest BCUT2D eigenvalue weighted by Crippen LogP contribution is 2.34. The van der Waals surface area contributed by atoms with Crippen LogP contribution in [0.15, 0.2) is 30.3 Å². The van der Waals surface area contributed by atoms with Gasteiger partial charge in [0, 0.05) is 19.6 Å². The number of benzene rings is 1. The van der Waals surface area contributed by atoms with E-state index in [1.54, 1.807) is 4.68 Å².